The highest BCUT2D eigenvalue weighted by Gasteiger charge is 2.08. The molecule has 0 aliphatic carbocycles. The lowest BCUT2D eigenvalue weighted by Gasteiger charge is -2.06. The van der Waals surface area contributed by atoms with Gasteiger partial charge in [0.05, 0.1) is 35.4 Å². The summed E-state index contributed by atoms with van der Waals surface area (Å²) >= 11 is 0. The number of carbonyl (C=O) groups excluding carboxylic acids is 1. The minimum absolute atomic E-state index is 0.151. The lowest BCUT2D eigenvalue weighted by Crippen LogP contribution is -2.19. The maximum Gasteiger partial charge on any atom is 0.323 e. The van der Waals surface area contributed by atoms with E-state index in [4.69, 9.17) is 5.11 Å². The Morgan fingerprint density at radius 1 is 1.33 bits per heavy atom. The Balaban J connectivity index is 1.96. The summed E-state index contributed by atoms with van der Waals surface area (Å²) in [6, 6.07) is 2.74. The molecule has 0 aliphatic rings. The molecule has 0 aromatic carbocycles. The minimum atomic E-state index is -0.951. The lowest BCUT2D eigenvalue weighted by atomic mass is 10.2. The molecule has 0 unspecified atom stereocenters. The predicted molar refractivity (Wildman–Crippen MR) is 76.2 cm³/mol. The molecule has 2 aromatic heterocycles. The summed E-state index contributed by atoms with van der Waals surface area (Å²) in [6.45, 7) is 1.79. The van der Waals surface area contributed by atoms with E-state index in [9.17, 15) is 9.59 Å². The lowest BCUT2D eigenvalue weighted by molar-refractivity contribution is -0.136. The predicted octanol–water partition coefficient (Wildman–Crippen LogP) is 1.39. The molecule has 2 amide bonds. The van der Waals surface area contributed by atoms with Crippen LogP contribution in [-0.2, 0) is 18.3 Å². The third-order valence-electron chi connectivity index (χ3n) is 2.68. The molecule has 0 radical (unpaired) electrons. The highest BCUT2D eigenvalue weighted by Crippen LogP contribution is 2.12. The van der Waals surface area contributed by atoms with Gasteiger partial charge >= 0.3 is 12.0 Å². The Morgan fingerprint density at radius 3 is 2.62 bits per heavy atom. The van der Waals surface area contributed by atoms with E-state index in [2.05, 4.69) is 20.7 Å². The molecule has 0 fully saturated rings. The number of carboxylic acids is 1. The van der Waals surface area contributed by atoms with Gasteiger partial charge in [0.15, 0.2) is 0 Å². The fourth-order valence-electron chi connectivity index (χ4n) is 1.76. The monoisotopic (exact) mass is 289 g/mol. The van der Waals surface area contributed by atoms with Gasteiger partial charge in [0.2, 0.25) is 0 Å². The van der Waals surface area contributed by atoms with Crippen molar-refractivity contribution < 1.29 is 14.7 Å². The molecule has 110 valence electrons. The van der Waals surface area contributed by atoms with Crippen LogP contribution in [0.4, 0.5) is 16.2 Å². The van der Waals surface area contributed by atoms with Gasteiger partial charge in [-0.3, -0.25) is 14.5 Å². The Bertz CT molecular complexity index is 663. The number of nitrogens with one attached hydrogen (secondary N) is 2. The molecule has 2 rings (SSSR count). The third kappa shape index (κ3) is 4.03. The number of hydrogen-bond donors (Lipinski definition) is 3. The second-order valence-electron chi connectivity index (χ2n) is 4.49. The SMILES string of the molecule is Cc1nn(C)cc1NC(=O)Nc1ccc(CC(=O)O)nc1. The fourth-order valence-corrected chi connectivity index (χ4v) is 1.76. The molecular weight excluding hydrogens is 274 g/mol. The summed E-state index contributed by atoms with van der Waals surface area (Å²) in [6.07, 6.45) is 2.96. The maximum absolute atomic E-state index is 11.8. The normalized spacial score (nSPS) is 10.2. The van der Waals surface area contributed by atoms with Gasteiger partial charge in [-0.05, 0) is 19.1 Å². The van der Waals surface area contributed by atoms with Crippen LogP contribution in [0.1, 0.15) is 11.4 Å². The summed E-state index contributed by atoms with van der Waals surface area (Å²) in [5, 5.41) is 18.0. The number of carbonyl (C=O) groups is 2. The van der Waals surface area contributed by atoms with Crippen molar-refractivity contribution in [1.29, 1.82) is 0 Å². The van der Waals surface area contributed by atoms with Crippen molar-refractivity contribution in [1.82, 2.24) is 14.8 Å². The molecular formula is C13H15N5O3. The van der Waals surface area contributed by atoms with Crippen LogP contribution >= 0.6 is 0 Å². The second-order valence-corrected chi connectivity index (χ2v) is 4.49. The number of urea groups is 1. The number of amides is 2. The first-order valence-electron chi connectivity index (χ1n) is 6.19. The first-order chi connectivity index (χ1) is 9.94. The Kier molecular flexibility index (Phi) is 4.17. The van der Waals surface area contributed by atoms with Crippen molar-refractivity contribution in [2.45, 2.75) is 13.3 Å². The summed E-state index contributed by atoms with van der Waals surface area (Å²) in [7, 11) is 1.77. The van der Waals surface area contributed by atoms with E-state index < -0.39 is 12.0 Å². The minimum Gasteiger partial charge on any atom is -0.481 e. The smallest absolute Gasteiger partial charge is 0.323 e. The quantitative estimate of drug-likeness (QED) is 0.788. The average Bonchev–Trinajstić information content (AvgIpc) is 2.69. The summed E-state index contributed by atoms with van der Waals surface area (Å²) in [5.41, 5.74) is 2.23. The van der Waals surface area contributed by atoms with Crippen molar-refractivity contribution >= 4 is 23.4 Å². The Labute approximate surface area is 120 Å². The Morgan fingerprint density at radius 2 is 2.10 bits per heavy atom. The number of rotatable bonds is 4. The van der Waals surface area contributed by atoms with Gasteiger partial charge in [-0.15, -0.1) is 0 Å². The molecule has 8 nitrogen and oxygen atoms in total. The topological polar surface area (TPSA) is 109 Å². The summed E-state index contributed by atoms with van der Waals surface area (Å²) in [5.74, 6) is -0.951. The number of carboxylic acid groups (broad SMARTS) is 1. The number of aryl methyl sites for hydroxylation is 2. The third-order valence-corrected chi connectivity index (χ3v) is 2.68. The molecule has 0 saturated carbocycles. The second kappa shape index (κ2) is 6.04. The molecule has 0 atom stereocenters. The van der Waals surface area contributed by atoms with Gasteiger partial charge in [0.25, 0.3) is 0 Å². The van der Waals surface area contributed by atoms with Crippen LogP contribution < -0.4 is 10.6 Å². The fraction of sp³-hybridized carbons (Fsp3) is 0.231. The van der Waals surface area contributed by atoms with Gasteiger partial charge in [-0.25, -0.2) is 4.79 Å². The van der Waals surface area contributed by atoms with E-state index in [1.807, 2.05) is 0 Å². The van der Waals surface area contributed by atoms with Crippen molar-refractivity contribution in [3.63, 3.8) is 0 Å². The largest absolute Gasteiger partial charge is 0.481 e. The maximum atomic E-state index is 11.8. The molecule has 2 aromatic rings. The van der Waals surface area contributed by atoms with E-state index in [-0.39, 0.29) is 6.42 Å². The number of hydrogen-bond acceptors (Lipinski definition) is 4. The van der Waals surface area contributed by atoms with Crippen LogP contribution in [0.25, 0.3) is 0 Å². The summed E-state index contributed by atoms with van der Waals surface area (Å²) < 4.78 is 1.60. The van der Waals surface area contributed by atoms with Crippen LogP contribution in [0.15, 0.2) is 24.5 Å². The van der Waals surface area contributed by atoms with Crippen molar-refractivity contribution in [3.05, 3.63) is 35.9 Å². The average molecular weight is 289 g/mol. The zero-order valence-corrected chi connectivity index (χ0v) is 11.6. The number of nitrogens with zero attached hydrogens (tertiary/aromatic N) is 3. The van der Waals surface area contributed by atoms with Crippen LogP contribution in [0, 0.1) is 6.92 Å². The van der Waals surface area contributed by atoms with Crippen molar-refractivity contribution in [3.8, 4) is 0 Å². The van der Waals surface area contributed by atoms with Gasteiger partial charge in [0, 0.05) is 13.2 Å². The van der Waals surface area contributed by atoms with Crippen molar-refractivity contribution in [2.24, 2.45) is 7.05 Å². The van der Waals surface area contributed by atoms with Crippen LogP contribution in [0.5, 0.6) is 0 Å². The molecule has 0 bridgehead atoms. The standard InChI is InChI=1S/C13H15N5O3/c1-8-11(7-18(2)17-8)16-13(21)15-10-4-3-9(14-6-10)5-12(19)20/h3-4,6-7H,5H2,1-2H3,(H,19,20)(H2,15,16,21). The highest BCUT2D eigenvalue weighted by atomic mass is 16.4. The zero-order valence-electron chi connectivity index (χ0n) is 11.6. The van der Waals surface area contributed by atoms with E-state index in [1.54, 1.807) is 37.0 Å². The molecule has 0 aliphatic heterocycles. The van der Waals surface area contributed by atoms with Gasteiger partial charge in [0.1, 0.15) is 0 Å². The van der Waals surface area contributed by atoms with E-state index in [0.29, 0.717) is 22.8 Å². The van der Waals surface area contributed by atoms with Gasteiger partial charge in [-0.2, -0.15) is 5.10 Å². The first kappa shape index (κ1) is 14.5. The molecule has 0 saturated heterocycles. The van der Waals surface area contributed by atoms with Gasteiger partial charge in [-0.1, -0.05) is 0 Å². The first-order valence-corrected chi connectivity index (χ1v) is 6.19. The van der Waals surface area contributed by atoms with E-state index in [0.717, 1.165) is 0 Å². The molecule has 21 heavy (non-hydrogen) atoms. The number of aliphatic carboxylic acids is 1. The van der Waals surface area contributed by atoms with E-state index >= 15 is 0 Å². The van der Waals surface area contributed by atoms with Crippen molar-refractivity contribution in [2.75, 3.05) is 10.6 Å². The number of anilines is 2. The van der Waals surface area contributed by atoms with Gasteiger partial charge < -0.3 is 15.7 Å². The highest BCUT2D eigenvalue weighted by molar-refractivity contribution is 5.99. The molecule has 0 spiro atoms. The molecule has 2 heterocycles. The molecule has 8 heteroatoms. The van der Waals surface area contributed by atoms with Crippen LogP contribution in [-0.4, -0.2) is 31.9 Å². The zero-order chi connectivity index (χ0) is 15.4. The van der Waals surface area contributed by atoms with Crippen LogP contribution in [0.2, 0.25) is 0 Å². The number of pyridine rings is 1. The Hall–Kier alpha value is -2.90. The van der Waals surface area contributed by atoms with Crippen LogP contribution in [0.3, 0.4) is 0 Å². The summed E-state index contributed by atoms with van der Waals surface area (Å²) in [4.78, 5) is 26.3. The molecule has 3 N–H and O–H groups in total. The number of aromatic nitrogens is 3. The van der Waals surface area contributed by atoms with E-state index in [1.165, 1.54) is 6.20 Å².